The smallest absolute Gasteiger partial charge is 0.387 e. The highest BCUT2D eigenvalue weighted by atomic mass is 31.2. The predicted molar refractivity (Wildman–Crippen MR) is 85.6 cm³/mol. The van der Waals surface area contributed by atoms with Crippen LogP contribution in [0.1, 0.15) is 0 Å². The lowest BCUT2D eigenvalue weighted by molar-refractivity contribution is -0.130. The van der Waals surface area contributed by atoms with Crippen molar-refractivity contribution < 1.29 is 38.6 Å². The van der Waals surface area contributed by atoms with Gasteiger partial charge in [-0.1, -0.05) is 0 Å². The van der Waals surface area contributed by atoms with E-state index < -0.39 is 39.0 Å². The highest BCUT2D eigenvalue weighted by Gasteiger charge is 2.51. The van der Waals surface area contributed by atoms with E-state index in [-0.39, 0.29) is 12.6 Å². The van der Waals surface area contributed by atoms with Gasteiger partial charge in [-0.15, -0.1) is 0 Å². The average Bonchev–Trinajstić information content (AvgIpc) is 3.01. The Labute approximate surface area is 150 Å². The SMILES string of the molecule is CN1CN(C)C2=C(C1=O)N(C)CN2[C@@H]1O[C@H](COP(=O)(O)O)[C@@H](O)[C@H]1O. The van der Waals surface area contributed by atoms with Crippen molar-refractivity contribution in [2.24, 2.45) is 0 Å². The fourth-order valence-electron chi connectivity index (χ4n) is 3.46. The number of aliphatic hydroxyl groups is 2. The van der Waals surface area contributed by atoms with Crippen molar-refractivity contribution in [1.29, 1.82) is 0 Å². The Kier molecular flexibility index (Phi) is 4.95. The molecule has 3 heterocycles. The molecule has 0 spiro atoms. The first-order valence-corrected chi connectivity index (χ1v) is 9.44. The number of amides is 1. The Morgan fingerprint density at radius 3 is 2.38 bits per heavy atom. The molecule has 13 heteroatoms. The minimum absolute atomic E-state index is 0.169. The first-order valence-electron chi connectivity index (χ1n) is 7.91. The molecule has 1 amide bonds. The molecule has 0 bridgehead atoms. The highest BCUT2D eigenvalue weighted by Crippen LogP contribution is 2.39. The number of nitrogens with zero attached hydrogens (tertiary/aromatic N) is 4. The van der Waals surface area contributed by atoms with E-state index in [2.05, 4.69) is 4.52 Å². The summed E-state index contributed by atoms with van der Waals surface area (Å²) in [5.41, 5.74) is 0.446. The maximum atomic E-state index is 12.5. The van der Waals surface area contributed by atoms with E-state index in [4.69, 9.17) is 14.5 Å². The van der Waals surface area contributed by atoms with Crippen LogP contribution in [0.2, 0.25) is 0 Å². The van der Waals surface area contributed by atoms with Gasteiger partial charge in [0.15, 0.2) is 6.23 Å². The van der Waals surface area contributed by atoms with Gasteiger partial charge in [-0.3, -0.25) is 9.32 Å². The van der Waals surface area contributed by atoms with Crippen LogP contribution in [0.5, 0.6) is 0 Å². The Bertz CT molecular complexity index is 669. The van der Waals surface area contributed by atoms with Gasteiger partial charge in [0.1, 0.15) is 29.8 Å². The van der Waals surface area contributed by atoms with E-state index in [1.54, 1.807) is 35.8 Å². The van der Waals surface area contributed by atoms with E-state index in [1.165, 1.54) is 0 Å². The normalized spacial score (nSPS) is 32.8. The summed E-state index contributed by atoms with van der Waals surface area (Å²) in [5, 5.41) is 20.5. The molecule has 4 atom stereocenters. The van der Waals surface area contributed by atoms with Crippen LogP contribution in [0.3, 0.4) is 0 Å². The molecule has 3 aliphatic rings. The lowest BCUT2D eigenvalue weighted by Gasteiger charge is -2.38. The number of aliphatic hydroxyl groups excluding tert-OH is 2. The second-order valence-corrected chi connectivity index (χ2v) is 7.90. The Balaban J connectivity index is 1.82. The third-order valence-electron chi connectivity index (χ3n) is 4.62. The molecule has 3 aliphatic heterocycles. The van der Waals surface area contributed by atoms with Gasteiger partial charge in [0, 0.05) is 21.1 Å². The molecule has 0 aromatic heterocycles. The van der Waals surface area contributed by atoms with Gasteiger partial charge in [0.2, 0.25) is 0 Å². The van der Waals surface area contributed by atoms with Crippen molar-refractivity contribution in [3.05, 3.63) is 11.5 Å². The second-order valence-electron chi connectivity index (χ2n) is 6.66. The van der Waals surface area contributed by atoms with Gasteiger partial charge < -0.3 is 44.3 Å². The minimum Gasteiger partial charge on any atom is -0.387 e. The van der Waals surface area contributed by atoms with Crippen LogP contribution in [-0.2, 0) is 18.6 Å². The van der Waals surface area contributed by atoms with Gasteiger partial charge in [0.25, 0.3) is 5.91 Å². The number of carbonyl (C=O) groups excluding carboxylic acids is 1. The molecule has 26 heavy (non-hydrogen) atoms. The molecule has 0 unspecified atom stereocenters. The zero-order valence-corrected chi connectivity index (χ0v) is 15.5. The molecule has 148 valence electrons. The molecule has 3 rings (SSSR count). The van der Waals surface area contributed by atoms with Crippen LogP contribution in [-0.4, -0.2) is 111 Å². The van der Waals surface area contributed by atoms with Crippen LogP contribution in [0.15, 0.2) is 11.5 Å². The Hall–Kier alpha value is -1.40. The lowest BCUT2D eigenvalue weighted by atomic mass is 10.1. The molecule has 1 fully saturated rings. The summed E-state index contributed by atoms with van der Waals surface area (Å²) in [4.78, 5) is 36.8. The molecule has 4 N–H and O–H groups in total. The first-order chi connectivity index (χ1) is 12.0. The number of hydrogen-bond acceptors (Lipinski definition) is 9. The van der Waals surface area contributed by atoms with Gasteiger partial charge >= 0.3 is 7.82 Å². The Morgan fingerprint density at radius 2 is 1.77 bits per heavy atom. The molecule has 0 aromatic rings. The number of phosphoric ester groups is 1. The number of hydrogen-bond donors (Lipinski definition) is 4. The maximum Gasteiger partial charge on any atom is 0.469 e. The van der Waals surface area contributed by atoms with Gasteiger partial charge in [-0.25, -0.2) is 4.57 Å². The number of phosphoric acid groups is 1. The largest absolute Gasteiger partial charge is 0.469 e. The number of ether oxygens (including phenoxy) is 1. The van der Waals surface area contributed by atoms with Crippen molar-refractivity contribution in [3.8, 4) is 0 Å². The van der Waals surface area contributed by atoms with Crippen LogP contribution in [0.25, 0.3) is 0 Å². The molecule has 0 radical (unpaired) electrons. The topological polar surface area (TPSA) is 146 Å². The fraction of sp³-hybridized carbons (Fsp3) is 0.769. The summed E-state index contributed by atoms with van der Waals surface area (Å²) in [6, 6.07) is 0. The quantitative estimate of drug-likeness (QED) is 0.369. The summed E-state index contributed by atoms with van der Waals surface area (Å²) in [6.45, 7) is 0.0132. The molecule has 0 aromatic carbocycles. The van der Waals surface area contributed by atoms with E-state index in [0.717, 1.165) is 0 Å². The molecular formula is C13H23N4O8P. The van der Waals surface area contributed by atoms with Crippen LogP contribution >= 0.6 is 7.82 Å². The van der Waals surface area contributed by atoms with E-state index >= 15 is 0 Å². The number of likely N-dealkylation sites (N-methyl/N-ethyl adjacent to an activating group) is 2. The fourth-order valence-corrected chi connectivity index (χ4v) is 3.80. The summed E-state index contributed by atoms with van der Waals surface area (Å²) in [6.07, 6.45) is -4.86. The second kappa shape index (κ2) is 6.64. The van der Waals surface area contributed by atoms with E-state index in [9.17, 15) is 19.6 Å². The van der Waals surface area contributed by atoms with Gasteiger partial charge in [-0.05, 0) is 0 Å². The standard InChI is InChI=1S/C13H23N4O8P/c1-14-6-17(11-8(14)12(20)16(3)5-15(11)2)13-10(19)9(18)7(25-13)4-24-26(21,22)23/h7,9-10,13,18-19H,4-6H2,1-3H3,(H2,21,22,23)/t7-,9-,10-,13-/m1/s1. The lowest BCUT2D eigenvalue weighted by Crippen LogP contribution is -2.49. The molecule has 0 saturated carbocycles. The monoisotopic (exact) mass is 394 g/mol. The summed E-state index contributed by atoms with van der Waals surface area (Å²) in [7, 11) is 0.466. The molecule has 1 saturated heterocycles. The van der Waals surface area contributed by atoms with Crippen LogP contribution in [0, 0.1) is 0 Å². The van der Waals surface area contributed by atoms with Crippen LogP contribution < -0.4 is 0 Å². The average molecular weight is 394 g/mol. The minimum atomic E-state index is -4.73. The van der Waals surface area contributed by atoms with E-state index in [0.29, 0.717) is 18.2 Å². The predicted octanol–water partition coefficient (Wildman–Crippen LogP) is -2.72. The first kappa shape index (κ1) is 19.4. The highest BCUT2D eigenvalue weighted by molar-refractivity contribution is 7.46. The van der Waals surface area contributed by atoms with Crippen LogP contribution in [0.4, 0.5) is 0 Å². The molecule has 0 aliphatic carbocycles. The maximum absolute atomic E-state index is 12.5. The third-order valence-corrected chi connectivity index (χ3v) is 5.10. The van der Waals surface area contributed by atoms with Gasteiger partial charge in [0.05, 0.1) is 19.9 Å². The zero-order chi connectivity index (χ0) is 19.4. The number of carbonyl (C=O) groups is 1. The zero-order valence-electron chi connectivity index (χ0n) is 14.6. The summed E-state index contributed by atoms with van der Waals surface area (Å²) < 4.78 is 20.9. The van der Waals surface area contributed by atoms with Crippen molar-refractivity contribution >= 4 is 13.7 Å². The number of rotatable bonds is 4. The van der Waals surface area contributed by atoms with Crippen molar-refractivity contribution in [2.45, 2.75) is 24.5 Å². The van der Waals surface area contributed by atoms with Gasteiger partial charge in [-0.2, -0.15) is 0 Å². The van der Waals surface area contributed by atoms with E-state index in [1.807, 2.05) is 4.90 Å². The van der Waals surface area contributed by atoms with Crippen molar-refractivity contribution in [1.82, 2.24) is 19.6 Å². The van der Waals surface area contributed by atoms with Crippen molar-refractivity contribution in [2.75, 3.05) is 41.1 Å². The summed E-state index contributed by atoms with van der Waals surface area (Å²) in [5.74, 6) is 0.390. The van der Waals surface area contributed by atoms with Crippen molar-refractivity contribution in [3.63, 3.8) is 0 Å². The third kappa shape index (κ3) is 3.29. The molecular weight excluding hydrogens is 371 g/mol. The Morgan fingerprint density at radius 1 is 1.12 bits per heavy atom. The summed E-state index contributed by atoms with van der Waals surface area (Å²) >= 11 is 0. The molecule has 12 nitrogen and oxygen atoms in total.